The molecule has 1 aliphatic heterocycles. The SMILES string of the molecule is CSCCNC(=NCC(=O)N(C)C)NCC(c1ccc(C)s1)N1CCOCC1. The number of likely N-dealkylation sites (N-methyl/N-ethyl adjacent to an activating group) is 1. The van der Waals surface area contributed by atoms with Crippen LogP contribution < -0.4 is 10.6 Å². The van der Waals surface area contributed by atoms with Gasteiger partial charge in [-0.25, -0.2) is 4.99 Å². The van der Waals surface area contributed by atoms with E-state index >= 15 is 0 Å². The lowest BCUT2D eigenvalue weighted by molar-refractivity contribution is -0.127. The van der Waals surface area contributed by atoms with Gasteiger partial charge in [-0.05, 0) is 25.3 Å². The van der Waals surface area contributed by atoms with Gasteiger partial charge in [-0.1, -0.05) is 0 Å². The van der Waals surface area contributed by atoms with Gasteiger partial charge in [-0.15, -0.1) is 11.3 Å². The third kappa shape index (κ3) is 7.62. The van der Waals surface area contributed by atoms with E-state index in [0.29, 0.717) is 5.96 Å². The third-order valence-electron chi connectivity index (χ3n) is 4.51. The minimum atomic E-state index is -0.00965. The number of hydrogen-bond donors (Lipinski definition) is 2. The molecule has 0 bridgehead atoms. The molecular formula is C19H33N5O2S2. The molecule has 1 unspecified atom stereocenters. The molecule has 28 heavy (non-hydrogen) atoms. The summed E-state index contributed by atoms with van der Waals surface area (Å²) in [4.78, 5) is 23.1. The summed E-state index contributed by atoms with van der Waals surface area (Å²) < 4.78 is 5.53. The van der Waals surface area contributed by atoms with Gasteiger partial charge in [0, 0.05) is 55.8 Å². The largest absolute Gasteiger partial charge is 0.379 e. The zero-order chi connectivity index (χ0) is 20.4. The maximum Gasteiger partial charge on any atom is 0.243 e. The van der Waals surface area contributed by atoms with E-state index < -0.39 is 0 Å². The average molecular weight is 428 g/mol. The molecule has 7 nitrogen and oxygen atoms in total. The van der Waals surface area contributed by atoms with Crippen LogP contribution in [0.5, 0.6) is 0 Å². The molecule has 0 aliphatic carbocycles. The Hall–Kier alpha value is -1.29. The van der Waals surface area contributed by atoms with Gasteiger partial charge in [-0.2, -0.15) is 11.8 Å². The molecule has 1 saturated heterocycles. The number of aryl methyl sites for hydroxylation is 1. The monoisotopic (exact) mass is 427 g/mol. The number of aliphatic imine (C=N–C) groups is 1. The normalized spacial score (nSPS) is 16.6. The van der Waals surface area contributed by atoms with E-state index in [1.54, 1.807) is 30.8 Å². The molecule has 2 rings (SSSR count). The van der Waals surface area contributed by atoms with Crippen LogP contribution in [0.25, 0.3) is 0 Å². The van der Waals surface area contributed by atoms with E-state index in [1.165, 1.54) is 9.75 Å². The highest BCUT2D eigenvalue weighted by Gasteiger charge is 2.24. The van der Waals surface area contributed by atoms with Crippen LogP contribution >= 0.6 is 23.1 Å². The summed E-state index contributed by atoms with van der Waals surface area (Å²) in [7, 11) is 3.50. The molecule has 0 saturated carbocycles. The first-order chi connectivity index (χ1) is 13.5. The van der Waals surface area contributed by atoms with Crippen molar-refractivity contribution in [2.75, 3.05) is 72.0 Å². The van der Waals surface area contributed by atoms with Crippen molar-refractivity contribution in [1.29, 1.82) is 0 Å². The fourth-order valence-corrected chi connectivity index (χ4v) is 4.18. The van der Waals surface area contributed by atoms with Gasteiger partial charge < -0.3 is 20.3 Å². The Morgan fingerprint density at radius 2 is 2.11 bits per heavy atom. The first kappa shape index (κ1) is 23.0. The summed E-state index contributed by atoms with van der Waals surface area (Å²) in [5, 5.41) is 6.80. The fraction of sp³-hybridized carbons (Fsp3) is 0.684. The predicted octanol–water partition coefficient (Wildman–Crippen LogP) is 1.42. The summed E-state index contributed by atoms with van der Waals surface area (Å²) in [6.45, 7) is 7.22. The standard InChI is InChI=1S/C19H33N5O2S2/c1-15-5-6-17(28-15)16(24-8-10-26-11-9-24)13-21-19(20-7-12-27-4)22-14-18(25)23(2)3/h5-6,16H,7-14H2,1-4H3,(H2,20,21,22). The number of nitrogens with zero attached hydrogens (tertiary/aromatic N) is 3. The molecule has 1 aliphatic rings. The van der Waals surface area contributed by atoms with E-state index in [2.05, 4.69) is 45.8 Å². The van der Waals surface area contributed by atoms with Gasteiger partial charge in [0.25, 0.3) is 0 Å². The summed E-state index contributed by atoms with van der Waals surface area (Å²) in [6.07, 6.45) is 2.08. The number of hydrogen-bond acceptors (Lipinski definition) is 6. The highest BCUT2D eigenvalue weighted by atomic mass is 32.2. The van der Waals surface area contributed by atoms with Crippen LogP contribution in [0.15, 0.2) is 17.1 Å². The van der Waals surface area contributed by atoms with Crippen molar-refractivity contribution in [2.45, 2.75) is 13.0 Å². The Labute approximate surface area is 176 Å². The number of thiophene rings is 1. The first-order valence-electron chi connectivity index (χ1n) is 9.60. The molecule has 1 amide bonds. The van der Waals surface area contributed by atoms with Crippen molar-refractivity contribution in [1.82, 2.24) is 20.4 Å². The third-order valence-corrected chi connectivity index (χ3v) is 6.22. The molecular weight excluding hydrogens is 394 g/mol. The number of ether oxygens (including phenoxy) is 1. The van der Waals surface area contributed by atoms with E-state index in [1.807, 2.05) is 11.3 Å². The van der Waals surface area contributed by atoms with E-state index in [9.17, 15) is 4.79 Å². The van der Waals surface area contributed by atoms with Crippen LogP contribution in [0.1, 0.15) is 15.8 Å². The van der Waals surface area contributed by atoms with Crippen LogP contribution in [-0.4, -0.2) is 93.7 Å². The highest BCUT2D eigenvalue weighted by Crippen LogP contribution is 2.27. The number of guanidine groups is 1. The Balaban J connectivity index is 2.05. The van der Waals surface area contributed by atoms with Gasteiger partial charge in [0.1, 0.15) is 6.54 Å². The van der Waals surface area contributed by atoms with Crippen molar-refractivity contribution in [3.05, 3.63) is 21.9 Å². The number of carbonyl (C=O) groups excluding carboxylic acids is 1. The molecule has 2 N–H and O–H groups in total. The first-order valence-corrected chi connectivity index (χ1v) is 11.8. The maximum atomic E-state index is 11.9. The molecule has 0 aromatic carbocycles. The molecule has 9 heteroatoms. The summed E-state index contributed by atoms with van der Waals surface area (Å²) in [6, 6.07) is 4.66. The highest BCUT2D eigenvalue weighted by molar-refractivity contribution is 7.98. The molecule has 1 atom stereocenters. The molecule has 0 radical (unpaired) electrons. The van der Waals surface area contributed by atoms with Crippen molar-refractivity contribution in [3.8, 4) is 0 Å². The van der Waals surface area contributed by atoms with Gasteiger partial charge in [0.2, 0.25) is 5.91 Å². The van der Waals surface area contributed by atoms with Crippen LogP contribution in [-0.2, 0) is 9.53 Å². The van der Waals surface area contributed by atoms with Gasteiger partial charge in [-0.3, -0.25) is 9.69 Å². The van der Waals surface area contributed by atoms with Gasteiger partial charge in [0.15, 0.2) is 5.96 Å². The van der Waals surface area contributed by atoms with E-state index in [4.69, 9.17) is 4.74 Å². The summed E-state index contributed by atoms with van der Waals surface area (Å²) >= 11 is 3.62. The number of amides is 1. The average Bonchev–Trinajstić information content (AvgIpc) is 3.12. The molecule has 2 heterocycles. The lowest BCUT2D eigenvalue weighted by Crippen LogP contribution is -2.46. The van der Waals surface area contributed by atoms with Crippen LogP contribution in [0.2, 0.25) is 0 Å². The Morgan fingerprint density at radius 1 is 1.36 bits per heavy atom. The molecule has 1 aromatic rings. The topological polar surface area (TPSA) is 69.2 Å². The lowest BCUT2D eigenvalue weighted by atomic mass is 10.2. The fourth-order valence-electron chi connectivity index (χ4n) is 2.86. The van der Waals surface area contributed by atoms with Crippen molar-refractivity contribution >= 4 is 35.0 Å². The number of morpholine rings is 1. The molecule has 0 spiro atoms. The van der Waals surface area contributed by atoms with Crippen molar-refractivity contribution in [2.24, 2.45) is 4.99 Å². The second-order valence-electron chi connectivity index (χ2n) is 6.87. The second kappa shape index (κ2) is 12.3. The van der Waals surface area contributed by atoms with Gasteiger partial charge >= 0.3 is 0 Å². The number of nitrogens with one attached hydrogen (secondary N) is 2. The number of carbonyl (C=O) groups is 1. The molecule has 158 valence electrons. The maximum absolute atomic E-state index is 11.9. The zero-order valence-corrected chi connectivity index (χ0v) is 19.0. The molecule has 1 aromatic heterocycles. The quantitative estimate of drug-likeness (QED) is 0.353. The second-order valence-corrected chi connectivity index (χ2v) is 9.17. The Bertz CT molecular complexity index is 630. The minimum absolute atomic E-state index is 0.00965. The Morgan fingerprint density at radius 3 is 2.71 bits per heavy atom. The van der Waals surface area contributed by atoms with Crippen molar-refractivity contribution < 1.29 is 9.53 Å². The van der Waals surface area contributed by atoms with Crippen LogP contribution in [0.4, 0.5) is 0 Å². The predicted molar refractivity (Wildman–Crippen MR) is 120 cm³/mol. The van der Waals surface area contributed by atoms with Crippen LogP contribution in [0.3, 0.4) is 0 Å². The molecule has 1 fully saturated rings. The Kier molecular flexibility index (Phi) is 10.1. The van der Waals surface area contributed by atoms with Gasteiger partial charge in [0.05, 0.1) is 19.3 Å². The van der Waals surface area contributed by atoms with E-state index in [-0.39, 0.29) is 18.5 Å². The smallest absolute Gasteiger partial charge is 0.243 e. The number of rotatable bonds is 9. The summed E-state index contributed by atoms with van der Waals surface area (Å²) in [5.41, 5.74) is 0. The minimum Gasteiger partial charge on any atom is -0.379 e. The lowest BCUT2D eigenvalue weighted by Gasteiger charge is -2.34. The number of thioether (sulfide) groups is 1. The summed E-state index contributed by atoms with van der Waals surface area (Å²) in [5.74, 6) is 1.67. The van der Waals surface area contributed by atoms with Crippen molar-refractivity contribution in [3.63, 3.8) is 0 Å². The van der Waals surface area contributed by atoms with Crippen LogP contribution in [0, 0.1) is 6.92 Å². The van der Waals surface area contributed by atoms with E-state index in [0.717, 1.165) is 45.1 Å². The zero-order valence-electron chi connectivity index (χ0n) is 17.4.